The maximum Gasteiger partial charge on any atom is 0.0945 e. The smallest absolute Gasteiger partial charge is 0.0945 e. The Bertz CT molecular complexity index is 338. The van der Waals surface area contributed by atoms with Gasteiger partial charge in [-0.3, -0.25) is 4.90 Å². The van der Waals surface area contributed by atoms with E-state index in [0.29, 0.717) is 0 Å². The van der Waals surface area contributed by atoms with Crippen LogP contribution in [-0.4, -0.2) is 29.1 Å². The van der Waals surface area contributed by atoms with E-state index in [9.17, 15) is 5.11 Å². The van der Waals surface area contributed by atoms with Gasteiger partial charge in [-0.1, -0.05) is 44.2 Å². The van der Waals surface area contributed by atoms with Gasteiger partial charge < -0.3 is 5.11 Å². The second-order valence-electron chi connectivity index (χ2n) is 5.22. The molecule has 2 rings (SSSR count). The van der Waals surface area contributed by atoms with Crippen molar-refractivity contribution in [1.82, 2.24) is 4.90 Å². The number of rotatable bonds is 4. The Morgan fingerprint density at radius 2 is 2.06 bits per heavy atom. The highest BCUT2D eigenvalue weighted by molar-refractivity contribution is 5.19. The lowest BCUT2D eigenvalue weighted by Gasteiger charge is -2.31. The van der Waals surface area contributed by atoms with E-state index >= 15 is 0 Å². The third-order valence-corrected chi connectivity index (χ3v) is 3.85. The van der Waals surface area contributed by atoms with Crippen molar-refractivity contribution in [3.8, 4) is 0 Å². The third-order valence-electron chi connectivity index (χ3n) is 3.85. The summed E-state index contributed by atoms with van der Waals surface area (Å²) in [6.45, 7) is 6.72. The minimum absolute atomic E-state index is 0.266. The van der Waals surface area contributed by atoms with E-state index in [1.807, 2.05) is 30.3 Å². The fourth-order valence-corrected chi connectivity index (χ4v) is 2.82. The number of hydrogen-bond acceptors (Lipinski definition) is 2. The zero-order chi connectivity index (χ0) is 12.3. The Hall–Kier alpha value is -0.860. The van der Waals surface area contributed by atoms with E-state index in [1.165, 1.54) is 6.42 Å². The molecule has 1 saturated heterocycles. The molecule has 0 saturated carbocycles. The standard InChI is InChI=1S/C15H23NO/c1-3-14(16-10-9-12(2)11-16)15(17)13-7-5-4-6-8-13/h4-8,12,14-15,17H,3,9-11H2,1-2H3. The van der Waals surface area contributed by atoms with Gasteiger partial charge in [-0.15, -0.1) is 0 Å². The fraction of sp³-hybridized carbons (Fsp3) is 0.600. The van der Waals surface area contributed by atoms with E-state index in [2.05, 4.69) is 18.7 Å². The van der Waals surface area contributed by atoms with Gasteiger partial charge in [0.15, 0.2) is 0 Å². The number of aliphatic hydroxyl groups excluding tert-OH is 1. The maximum absolute atomic E-state index is 10.5. The fourth-order valence-electron chi connectivity index (χ4n) is 2.82. The van der Waals surface area contributed by atoms with E-state index in [-0.39, 0.29) is 12.1 Å². The molecule has 17 heavy (non-hydrogen) atoms. The summed E-state index contributed by atoms with van der Waals surface area (Å²) >= 11 is 0. The molecule has 1 N–H and O–H groups in total. The summed E-state index contributed by atoms with van der Waals surface area (Å²) in [5, 5.41) is 10.5. The summed E-state index contributed by atoms with van der Waals surface area (Å²) in [5.41, 5.74) is 1.04. The average Bonchev–Trinajstić information content (AvgIpc) is 2.78. The topological polar surface area (TPSA) is 23.5 Å². The molecule has 0 bridgehead atoms. The van der Waals surface area contributed by atoms with E-state index in [1.54, 1.807) is 0 Å². The van der Waals surface area contributed by atoms with Gasteiger partial charge in [0, 0.05) is 12.6 Å². The van der Waals surface area contributed by atoms with Crippen molar-refractivity contribution in [2.45, 2.75) is 38.8 Å². The minimum atomic E-state index is -0.355. The van der Waals surface area contributed by atoms with Crippen molar-refractivity contribution in [1.29, 1.82) is 0 Å². The van der Waals surface area contributed by atoms with Crippen LogP contribution in [-0.2, 0) is 0 Å². The van der Waals surface area contributed by atoms with Crippen LogP contribution in [0.3, 0.4) is 0 Å². The molecule has 3 atom stereocenters. The van der Waals surface area contributed by atoms with Crippen LogP contribution in [0.15, 0.2) is 30.3 Å². The first-order chi connectivity index (χ1) is 8.22. The Balaban J connectivity index is 2.08. The van der Waals surface area contributed by atoms with Gasteiger partial charge in [0.25, 0.3) is 0 Å². The van der Waals surface area contributed by atoms with Crippen LogP contribution in [0.1, 0.15) is 38.4 Å². The summed E-state index contributed by atoms with van der Waals surface area (Å²) in [5.74, 6) is 0.770. The van der Waals surface area contributed by atoms with Crippen LogP contribution in [0, 0.1) is 5.92 Å². The molecule has 1 aliphatic heterocycles. The van der Waals surface area contributed by atoms with Crippen molar-refractivity contribution < 1.29 is 5.11 Å². The Morgan fingerprint density at radius 3 is 2.59 bits per heavy atom. The molecule has 0 radical (unpaired) electrons. The van der Waals surface area contributed by atoms with Gasteiger partial charge in [0.1, 0.15) is 0 Å². The summed E-state index contributed by atoms with van der Waals surface area (Å²) in [6, 6.07) is 10.3. The zero-order valence-corrected chi connectivity index (χ0v) is 10.8. The van der Waals surface area contributed by atoms with Crippen LogP contribution in [0.4, 0.5) is 0 Å². The Kier molecular flexibility index (Phi) is 4.19. The lowest BCUT2D eigenvalue weighted by Crippen LogP contribution is -2.37. The molecule has 1 aromatic carbocycles. The first-order valence-corrected chi connectivity index (χ1v) is 6.69. The molecule has 0 aromatic heterocycles. The van der Waals surface area contributed by atoms with Crippen molar-refractivity contribution in [3.63, 3.8) is 0 Å². The molecule has 0 amide bonds. The average molecular weight is 233 g/mol. The quantitative estimate of drug-likeness (QED) is 0.864. The molecule has 3 unspecified atom stereocenters. The molecule has 94 valence electrons. The number of hydrogen-bond donors (Lipinski definition) is 1. The van der Waals surface area contributed by atoms with Crippen LogP contribution >= 0.6 is 0 Å². The van der Waals surface area contributed by atoms with Crippen molar-refractivity contribution >= 4 is 0 Å². The Morgan fingerprint density at radius 1 is 1.35 bits per heavy atom. The number of likely N-dealkylation sites (tertiary alicyclic amines) is 1. The highest BCUT2D eigenvalue weighted by Gasteiger charge is 2.30. The summed E-state index contributed by atoms with van der Waals surface area (Å²) in [7, 11) is 0. The van der Waals surface area contributed by atoms with Crippen LogP contribution in [0.5, 0.6) is 0 Å². The molecular weight excluding hydrogens is 210 g/mol. The van der Waals surface area contributed by atoms with Crippen LogP contribution < -0.4 is 0 Å². The highest BCUT2D eigenvalue weighted by atomic mass is 16.3. The van der Waals surface area contributed by atoms with Crippen molar-refractivity contribution in [2.24, 2.45) is 5.92 Å². The molecular formula is C15H23NO. The summed E-state index contributed by atoms with van der Waals surface area (Å²) in [4.78, 5) is 2.45. The molecule has 1 heterocycles. The van der Waals surface area contributed by atoms with Crippen LogP contribution in [0.2, 0.25) is 0 Å². The molecule has 1 aromatic rings. The van der Waals surface area contributed by atoms with Gasteiger partial charge in [0.2, 0.25) is 0 Å². The van der Waals surface area contributed by atoms with Gasteiger partial charge >= 0.3 is 0 Å². The number of aliphatic hydroxyl groups is 1. The van der Waals surface area contributed by atoms with Crippen molar-refractivity contribution in [3.05, 3.63) is 35.9 Å². The lowest BCUT2D eigenvalue weighted by molar-refractivity contribution is 0.0573. The van der Waals surface area contributed by atoms with Gasteiger partial charge in [0.05, 0.1) is 6.10 Å². The molecule has 1 fully saturated rings. The SMILES string of the molecule is CCC(C(O)c1ccccc1)N1CCC(C)C1. The summed E-state index contributed by atoms with van der Waals surface area (Å²) < 4.78 is 0. The second kappa shape index (κ2) is 5.65. The van der Waals surface area contributed by atoms with E-state index < -0.39 is 0 Å². The molecule has 1 aliphatic rings. The largest absolute Gasteiger partial charge is 0.387 e. The zero-order valence-electron chi connectivity index (χ0n) is 10.8. The van der Waals surface area contributed by atoms with Crippen LogP contribution in [0.25, 0.3) is 0 Å². The normalized spacial score (nSPS) is 24.8. The molecule has 0 spiro atoms. The Labute approximate surface area is 104 Å². The van der Waals surface area contributed by atoms with Gasteiger partial charge in [-0.05, 0) is 30.9 Å². The van der Waals surface area contributed by atoms with Crippen molar-refractivity contribution in [2.75, 3.05) is 13.1 Å². The van der Waals surface area contributed by atoms with E-state index in [0.717, 1.165) is 31.0 Å². The van der Waals surface area contributed by atoms with Gasteiger partial charge in [-0.2, -0.15) is 0 Å². The highest BCUT2D eigenvalue weighted by Crippen LogP contribution is 2.27. The van der Waals surface area contributed by atoms with E-state index in [4.69, 9.17) is 0 Å². The maximum atomic E-state index is 10.5. The molecule has 2 heteroatoms. The second-order valence-corrected chi connectivity index (χ2v) is 5.22. The molecule has 2 nitrogen and oxygen atoms in total. The minimum Gasteiger partial charge on any atom is -0.387 e. The van der Waals surface area contributed by atoms with Gasteiger partial charge in [-0.25, -0.2) is 0 Å². The molecule has 0 aliphatic carbocycles. The number of nitrogens with zero attached hydrogens (tertiary/aromatic N) is 1. The first kappa shape index (κ1) is 12.6. The predicted octanol–water partition coefficient (Wildman–Crippen LogP) is 2.84. The summed E-state index contributed by atoms with van der Waals surface area (Å²) in [6.07, 6.45) is 1.91. The monoisotopic (exact) mass is 233 g/mol. The first-order valence-electron chi connectivity index (χ1n) is 6.69. The lowest BCUT2D eigenvalue weighted by atomic mass is 9.99. The predicted molar refractivity (Wildman–Crippen MR) is 70.8 cm³/mol. The number of benzene rings is 1. The third kappa shape index (κ3) is 2.88.